The monoisotopic (exact) mass is 339 g/mol. The minimum atomic E-state index is -3.64. The van der Waals surface area contributed by atoms with Crippen molar-refractivity contribution in [3.05, 3.63) is 47.4 Å². The molecule has 1 heterocycles. The van der Waals surface area contributed by atoms with Crippen LogP contribution >= 0.6 is 0 Å². The highest BCUT2D eigenvalue weighted by Gasteiger charge is 2.18. The van der Waals surface area contributed by atoms with Crippen LogP contribution in [0.5, 0.6) is 5.75 Å². The predicted octanol–water partition coefficient (Wildman–Crippen LogP) is 2.31. The van der Waals surface area contributed by atoms with E-state index in [0.717, 1.165) is 0 Å². The highest BCUT2D eigenvalue weighted by atomic mass is 32.2. The maximum Gasteiger partial charge on any atom is 0.240 e. The third-order valence-corrected chi connectivity index (χ3v) is 4.96. The first-order valence-corrected chi connectivity index (χ1v) is 8.70. The molecule has 1 unspecified atom stereocenters. The first-order valence-electron chi connectivity index (χ1n) is 7.22. The van der Waals surface area contributed by atoms with Gasteiger partial charge in [0.1, 0.15) is 17.3 Å². The summed E-state index contributed by atoms with van der Waals surface area (Å²) in [6.07, 6.45) is -0.524. The number of sulfonamides is 1. The van der Waals surface area contributed by atoms with Crippen molar-refractivity contribution in [2.45, 2.75) is 31.3 Å². The van der Waals surface area contributed by atoms with Crippen molar-refractivity contribution >= 4 is 10.0 Å². The van der Waals surface area contributed by atoms with E-state index in [-0.39, 0.29) is 17.9 Å². The first-order chi connectivity index (χ1) is 10.8. The number of hydrogen-bond acceptors (Lipinski definition) is 5. The molecule has 0 bridgehead atoms. The fourth-order valence-corrected chi connectivity index (χ4v) is 3.40. The number of methoxy groups -OCH3 is 1. The number of nitrogens with one attached hydrogen (secondary N) is 1. The Balaban J connectivity index is 1.98. The third-order valence-electron chi connectivity index (χ3n) is 3.50. The van der Waals surface area contributed by atoms with E-state index in [4.69, 9.17) is 9.15 Å². The number of ether oxygens (including phenoxy) is 1. The second kappa shape index (κ2) is 7.16. The van der Waals surface area contributed by atoms with Crippen molar-refractivity contribution in [3.63, 3.8) is 0 Å². The van der Waals surface area contributed by atoms with Crippen molar-refractivity contribution in [2.24, 2.45) is 0 Å². The van der Waals surface area contributed by atoms with Crippen LogP contribution in [0.1, 0.15) is 29.6 Å². The van der Waals surface area contributed by atoms with Gasteiger partial charge in [0, 0.05) is 18.2 Å². The zero-order chi connectivity index (χ0) is 17.0. The van der Waals surface area contributed by atoms with Gasteiger partial charge >= 0.3 is 0 Å². The molecular weight excluding hydrogens is 318 g/mol. The van der Waals surface area contributed by atoms with E-state index in [1.54, 1.807) is 32.0 Å². The van der Waals surface area contributed by atoms with Crippen LogP contribution in [0.3, 0.4) is 0 Å². The predicted molar refractivity (Wildman–Crippen MR) is 85.9 cm³/mol. The first kappa shape index (κ1) is 17.5. The van der Waals surface area contributed by atoms with E-state index in [2.05, 4.69) is 4.72 Å². The molecule has 0 spiro atoms. The molecule has 126 valence electrons. The Bertz CT molecular complexity index is 767. The van der Waals surface area contributed by atoms with E-state index in [1.165, 1.54) is 19.2 Å². The molecule has 2 N–H and O–H groups in total. The molecule has 1 aromatic carbocycles. The molecular formula is C16H21NO5S. The quantitative estimate of drug-likeness (QED) is 0.808. The summed E-state index contributed by atoms with van der Waals surface area (Å²) in [6.45, 7) is 3.69. The van der Waals surface area contributed by atoms with Crippen LogP contribution < -0.4 is 9.46 Å². The van der Waals surface area contributed by atoms with Gasteiger partial charge < -0.3 is 14.3 Å². The van der Waals surface area contributed by atoms with Crippen LogP contribution in [0.25, 0.3) is 0 Å². The largest absolute Gasteiger partial charge is 0.497 e. The summed E-state index contributed by atoms with van der Waals surface area (Å²) >= 11 is 0. The van der Waals surface area contributed by atoms with E-state index in [0.29, 0.717) is 22.8 Å². The summed E-state index contributed by atoms with van der Waals surface area (Å²) in [5.41, 5.74) is 0.683. The Hall–Kier alpha value is -1.83. The van der Waals surface area contributed by atoms with Gasteiger partial charge in [-0.2, -0.15) is 0 Å². The van der Waals surface area contributed by atoms with Gasteiger partial charge in [-0.1, -0.05) is 6.07 Å². The van der Waals surface area contributed by atoms with Gasteiger partial charge in [-0.05, 0) is 38.5 Å². The van der Waals surface area contributed by atoms with Crippen LogP contribution in [0.15, 0.2) is 39.6 Å². The molecule has 0 aliphatic carbocycles. The fourth-order valence-electron chi connectivity index (χ4n) is 2.32. The molecule has 0 aliphatic rings. The molecule has 0 saturated carbocycles. The normalized spacial score (nSPS) is 13.0. The van der Waals surface area contributed by atoms with E-state index in [1.807, 2.05) is 0 Å². The van der Waals surface area contributed by atoms with Gasteiger partial charge in [0.2, 0.25) is 10.0 Å². The Morgan fingerprint density at radius 2 is 2.04 bits per heavy atom. The Kier molecular flexibility index (Phi) is 5.46. The molecule has 2 rings (SSSR count). The van der Waals surface area contributed by atoms with Gasteiger partial charge in [-0.25, -0.2) is 13.1 Å². The summed E-state index contributed by atoms with van der Waals surface area (Å²) in [6, 6.07) is 7.98. The lowest BCUT2D eigenvalue weighted by Gasteiger charge is -2.11. The molecule has 0 radical (unpaired) electrons. The minimum Gasteiger partial charge on any atom is -0.497 e. The molecule has 0 amide bonds. The number of aliphatic hydroxyl groups is 1. The van der Waals surface area contributed by atoms with Crippen LogP contribution in [0, 0.1) is 13.8 Å². The molecule has 0 aliphatic heterocycles. The smallest absolute Gasteiger partial charge is 0.240 e. The SMILES string of the molecule is COc1cccc(S(=O)(=O)NCCC(O)c2cc(C)oc2C)c1. The number of furan rings is 1. The van der Waals surface area contributed by atoms with Crippen LogP contribution in [0.2, 0.25) is 0 Å². The highest BCUT2D eigenvalue weighted by molar-refractivity contribution is 7.89. The summed E-state index contributed by atoms with van der Waals surface area (Å²) < 4.78 is 37.3. The molecule has 1 aromatic heterocycles. The van der Waals surface area contributed by atoms with Gasteiger partial charge in [-0.15, -0.1) is 0 Å². The number of benzene rings is 1. The molecule has 2 aromatic rings. The van der Waals surface area contributed by atoms with E-state index >= 15 is 0 Å². The number of hydrogen-bond donors (Lipinski definition) is 2. The Morgan fingerprint density at radius 1 is 1.30 bits per heavy atom. The minimum absolute atomic E-state index is 0.115. The summed E-state index contributed by atoms with van der Waals surface area (Å²) in [4.78, 5) is 0.127. The van der Waals surface area contributed by atoms with Crippen LogP contribution in [-0.4, -0.2) is 27.2 Å². The van der Waals surface area contributed by atoms with Crippen molar-refractivity contribution < 1.29 is 22.7 Å². The number of aliphatic hydroxyl groups excluding tert-OH is 1. The molecule has 23 heavy (non-hydrogen) atoms. The summed E-state index contributed by atoms with van der Waals surface area (Å²) in [5, 5.41) is 10.1. The maximum atomic E-state index is 12.2. The van der Waals surface area contributed by atoms with E-state index in [9.17, 15) is 13.5 Å². The second-order valence-corrected chi connectivity index (χ2v) is 7.02. The van der Waals surface area contributed by atoms with E-state index < -0.39 is 16.1 Å². The Labute approximate surface area is 136 Å². The lowest BCUT2D eigenvalue weighted by atomic mass is 10.1. The maximum absolute atomic E-state index is 12.2. The molecule has 0 saturated heterocycles. The van der Waals surface area contributed by atoms with Gasteiger partial charge in [0.25, 0.3) is 0 Å². The zero-order valence-corrected chi connectivity index (χ0v) is 14.2. The second-order valence-electron chi connectivity index (χ2n) is 5.25. The lowest BCUT2D eigenvalue weighted by molar-refractivity contribution is 0.167. The van der Waals surface area contributed by atoms with Crippen molar-refractivity contribution in [2.75, 3.05) is 13.7 Å². The molecule has 7 heteroatoms. The summed E-state index contributed by atoms with van der Waals surface area (Å²) in [7, 11) is -2.16. The third kappa shape index (κ3) is 4.34. The van der Waals surface area contributed by atoms with Crippen molar-refractivity contribution in [1.82, 2.24) is 4.72 Å². The summed E-state index contributed by atoms with van der Waals surface area (Å²) in [5.74, 6) is 1.83. The standard InChI is InChI=1S/C16H21NO5S/c1-11-9-15(12(2)22-11)16(18)7-8-17-23(19,20)14-6-4-5-13(10-14)21-3/h4-6,9-10,16-18H,7-8H2,1-3H3. The van der Waals surface area contributed by atoms with Crippen LogP contribution in [-0.2, 0) is 10.0 Å². The van der Waals surface area contributed by atoms with Crippen LogP contribution in [0.4, 0.5) is 0 Å². The lowest BCUT2D eigenvalue weighted by Crippen LogP contribution is -2.26. The van der Waals surface area contributed by atoms with Gasteiger partial charge in [0.05, 0.1) is 18.1 Å². The van der Waals surface area contributed by atoms with Crippen molar-refractivity contribution in [1.29, 1.82) is 0 Å². The molecule has 6 nitrogen and oxygen atoms in total. The molecule has 0 fully saturated rings. The topological polar surface area (TPSA) is 88.8 Å². The Morgan fingerprint density at radius 3 is 2.65 bits per heavy atom. The van der Waals surface area contributed by atoms with Gasteiger partial charge in [-0.3, -0.25) is 0 Å². The average molecular weight is 339 g/mol. The number of aryl methyl sites for hydroxylation is 2. The average Bonchev–Trinajstić information content (AvgIpc) is 2.85. The highest BCUT2D eigenvalue weighted by Crippen LogP contribution is 2.24. The molecule has 1 atom stereocenters. The fraction of sp³-hybridized carbons (Fsp3) is 0.375. The van der Waals surface area contributed by atoms with Crippen molar-refractivity contribution in [3.8, 4) is 5.75 Å². The van der Waals surface area contributed by atoms with Gasteiger partial charge in [0.15, 0.2) is 0 Å². The zero-order valence-electron chi connectivity index (χ0n) is 13.4. The number of rotatable bonds is 7.